The van der Waals surface area contributed by atoms with Crippen molar-refractivity contribution in [3.63, 3.8) is 0 Å². The predicted molar refractivity (Wildman–Crippen MR) is 111 cm³/mol. The minimum atomic E-state index is 1.23. The first-order valence-corrected chi connectivity index (χ1v) is 9.62. The summed E-state index contributed by atoms with van der Waals surface area (Å²) >= 11 is 1.86. The van der Waals surface area contributed by atoms with Crippen LogP contribution in [0.25, 0.3) is 44.1 Å². The van der Waals surface area contributed by atoms with Gasteiger partial charge in [0.15, 0.2) is 0 Å². The molecule has 0 aliphatic carbocycles. The molecule has 4 aromatic carbocycles. The molecule has 0 amide bonds. The van der Waals surface area contributed by atoms with Crippen molar-refractivity contribution in [3.8, 4) is 22.4 Å². The SMILES string of the molecule is c1ccc2c(c1)Sc1ccccc1-c1c-2[nH]c2c1ccc1ccccc12. The van der Waals surface area contributed by atoms with E-state index in [9.17, 15) is 0 Å². The number of H-pyrrole nitrogens is 1. The third-order valence-electron chi connectivity index (χ3n) is 5.23. The summed E-state index contributed by atoms with van der Waals surface area (Å²) in [5.74, 6) is 0. The van der Waals surface area contributed by atoms with E-state index in [0.717, 1.165) is 0 Å². The molecule has 5 aromatic rings. The Morgan fingerprint density at radius 1 is 0.577 bits per heavy atom. The number of aromatic nitrogens is 1. The summed E-state index contributed by atoms with van der Waals surface area (Å²) < 4.78 is 0. The van der Waals surface area contributed by atoms with Crippen molar-refractivity contribution in [1.29, 1.82) is 0 Å². The highest BCUT2D eigenvalue weighted by Crippen LogP contribution is 2.50. The molecule has 1 aromatic heterocycles. The first-order valence-electron chi connectivity index (χ1n) is 8.80. The normalized spacial score (nSPS) is 12.5. The van der Waals surface area contributed by atoms with Gasteiger partial charge in [0.25, 0.3) is 0 Å². The quantitative estimate of drug-likeness (QED) is 0.309. The first kappa shape index (κ1) is 14.2. The van der Waals surface area contributed by atoms with Gasteiger partial charge in [-0.3, -0.25) is 0 Å². The molecule has 0 bridgehead atoms. The van der Waals surface area contributed by atoms with Crippen molar-refractivity contribution in [2.75, 3.05) is 0 Å². The van der Waals surface area contributed by atoms with E-state index in [1.54, 1.807) is 0 Å². The third-order valence-corrected chi connectivity index (χ3v) is 6.38. The average molecular weight is 349 g/mol. The van der Waals surface area contributed by atoms with Gasteiger partial charge in [0.2, 0.25) is 0 Å². The van der Waals surface area contributed by atoms with Gasteiger partial charge in [-0.05, 0) is 23.1 Å². The molecule has 0 spiro atoms. The van der Waals surface area contributed by atoms with E-state index in [2.05, 4.69) is 89.9 Å². The Labute approximate surface area is 155 Å². The highest BCUT2D eigenvalue weighted by molar-refractivity contribution is 7.99. The molecule has 0 atom stereocenters. The van der Waals surface area contributed by atoms with Crippen LogP contribution >= 0.6 is 11.8 Å². The highest BCUT2D eigenvalue weighted by atomic mass is 32.2. The summed E-state index contributed by atoms with van der Waals surface area (Å²) in [6.45, 7) is 0. The van der Waals surface area contributed by atoms with E-state index in [0.29, 0.717) is 0 Å². The molecule has 1 nitrogen and oxygen atoms in total. The average Bonchev–Trinajstić information content (AvgIpc) is 3.02. The maximum absolute atomic E-state index is 3.78. The van der Waals surface area contributed by atoms with Crippen LogP contribution in [0.5, 0.6) is 0 Å². The van der Waals surface area contributed by atoms with Crippen LogP contribution < -0.4 is 0 Å². The van der Waals surface area contributed by atoms with Crippen molar-refractivity contribution < 1.29 is 0 Å². The van der Waals surface area contributed by atoms with Crippen LogP contribution in [0.4, 0.5) is 0 Å². The Morgan fingerprint density at radius 3 is 2.15 bits per heavy atom. The molecule has 0 fully saturated rings. The monoisotopic (exact) mass is 349 g/mol. The molecule has 0 unspecified atom stereocenters. The third kappa shape index (κ3) is 1.88. The number of benzene rings is 4. The van der Waals surface area contributed by atoms with Gasteiger partial charge in [-0.15, -0.1) is 0 Å². The van der Waals surface area contributed by atoms with Crippen LogP contribution in [0.1, 0.15) is 0 Å². The highest BCUT2D eigenvalue weighted by Gasteiger charge is 2.23. The number of fused-ring (bicyclic) bond motifs is 9. The van der Waals surface area contributed by atoms with Crippen LogP contribution in [0, 0.1) is 0 Å². The van der Waals surface area contributed by atoms with Gasteiger partial charge in [-0.25, -0.2) is 0 Å². The Kier molecular flexibility index (Phi) is 2.88. The van der Waals surface area contributed by atoms with Crippen LogP contribution in [-0.4, -0.2) is 4.98 Å². The van der Waals surface area contributed by atoms with Crippen molar-refractivity contribution in [3.05, 3.63) is 84.9 Å². The maximum Gasteiger partial charge on any atom is 0.0556 e. The molecule has 1 aliphatic rings. The molecule has 122 valence electrons. The second-order valence-electron chi connectivity index (χ2n) is 6.68. The van der Waals surface area contributed by atoms with E-state index < -0.39 is 0 Å². The predicted octanol–water partition coefficient (Wildman–Crippen LogP) is 7.12. The second-order valence-corrected chi connectivity index (χ2v) is 7.76. The van der Waals surface area contributed by atoms with Gasteiger partial charge in [0.1, 0.15) is 0 Å². The molecule has 0 radical (unpaired) electrons. The van der Waals surface area contributed by atoms with Crippen LogP contribution in [0.3, 0.4) is 0 Å². The van der Waals surface area contributed by atoms with Gasteiger partial charge in [0, 0.05) is 31.7 Å². The van der Waals surface area contributed by atoms with Crippen molar-refractivity contribution >= 4 is 33.4 Å². The molecular formula is C24H15NS. The molecule has 0 saturated carbocycles. The zero-order valence-corrected chi connectivity index (χ0v) is 14.8. The van der Waals surface area contributed by atoms with Crippen molar-refractivity contribution in [2.45, 2.75) is 9.79 Å². The number of hydrogen-bond donors (Lipinski definition) is 1. The van der Waals surface area contributed by atoms with Crippen LogP contribution in [0.15, 0.2) is 94.7 Å². The molecule has 0 saturated heterocycles. The second kappa shape index (κ2) is 5.26. The van der Waals surface area contributed by atoms with E-state index in [1.807, 2.05) is 11.8 Å². The van der Waals surface area contributed by atoms with Gasteiger partial charge in [-0.1, -0.05) is 84.6 Å². The minimum absolute atomic E-state index is 1.23. The lowest BCUT2D eigenvalue weighted by molar-refractivity contribution is 1.39. The lowest BCUT2D eigenvalue weighted by atomic mass is 9.97. The fraction of sp³-hybridized carbons (Fsp3) is 0. The van der Waals surface area contributed by atoms with E-state index in [-0.39, 0.29) is 0 Å². The Bertz CT molecular complexity index is 1310. The summed E-state index contributed by atoms with van der Waals surface area (Å²) in [5, 5.41) is 3.84. The van der Waals surface area contributed by atoms with Crippen LogP contribution in [-0.2, 0) is 0 Å². The van der Waals surface area contributed by atoms with E-state index >= 15 is 0 Å². The summed E-state index contributed by atoms with van der Waals surface area (Å²) in [6, 6.07) is 30.5. The summed E-state index contributed by atoms with van der Waals surface area (Å²) in [6.07, 6.45) is 0. The fourth-order valence-electron chi connectivity index (χ4n) is 4.06. The van der Waals surface area contributed by atoms with Gasteiger partial charge in [-0.2, -0.15) is 0 Å². The molecule has 1 aliphatic heterocycles. The molecule has 6 rings (SSSR count). The number of nitrogens with one attached hydrogen (secondary N) is 1. The Hall–Kier alpha value is -2.97. The van der Waals surface area contributed by atoms with Crippen molar-refractivity contribution in [1.82, 2.24) is 4.98 Å². The summed E-state index contributed by atoms with van der Waals surface area (Å²) in [5.41, 5.74) is 6.36. The minimum Gasteiger partial charge on any atom is -0.353 e. The first-order chi connectivity index (χ1) is 12.9. The molecule has 2 heteroatoms. The van der Waals surface area contributed by atoms with Gasteiger partial charge in [0.05, 0.1) is 11.2 Å². The van der Waals surface area contributed by atoms with Crippen LogP contribution in [0.2, 0.25) is 0 Å². The van der Waals surface area contributed by atoms with Crippen molar-refractivity contribution in [2.24, 2.45) is 0 Å². The lowest BCUT2D eigenvalue weighted by Crippen LogP contribution is -1.81. The van der Waals surface area contributed by atoms with Gasteiger partial charge >= 0.3 is 0 Å². The lowest BCUT2D eigenvalue weighted by Gasteiger charge is -2.07. The molecule has 1 N–H and O–H groups in total. The number of rotatable bonds is 0. The topological polar surface area (TPSA) is 15.8 Å². The molecular weight excluding hydrogens is 334 g/mol. The Balaban J connectivity index is 1.84. The standard InChI is InChI=1S/C24H15NS/c1-2-8-16-15(7-1)13-14-19-22-17-9-3-5-11-20(17)26-21-12-6-4-10-18(21)24(22)25-23(16)19/h1-14,25H. The zero-order chi connectivity index (χ0) is 17.1. The summed E-state index contributed by atoms with van der Waals surface area (Å²) in [4.78, 5) is 6.40. The number of aromatic amines is 1. The van der Waals surface area contributed by atoms with Gasteiger partial charge < -0.3 is 4.98 Å². The maximum atomic E-state index is 3.78. The zero-order valence-electron chi connectivity index (χ0n) is 14.0. The summed E-state index contributed by atoms with van der Waals surface area (Å²) in [7, 11) is 0. The van der Waals surface area contributed by atoms with E-state index in [1.165, 1.54) is 53.9 Å². The molecule has 26 heavy (non-hydrogen) atoms. The number of hydrogen-bond acceptors (Lipinski definition) is 1. The smallest absolute Gasteiger partial charge is 0.0556 e. The van der Waals surface area contributed by atoms with E-state index in [4.69, 9.17) is 0 Å². The largest absolute Gasteiger partial charge is 0.353 e. The molecule has 2 heterocycles. The Morgan fingerprint density at radius 2 is 1.27 bits per heavy atom. The fourth-order valence-corrected chi connectivity index (χ4v) is 5.15.